The summed E-state index contributed by atoms with van der Waals surface area (Å²) in [6.07, 6.45) is 7.41. The molecular weight excluding hydrogens is 248 g/mol. The number of terminal acetylenes is 1. The van der Waals surface area contributed by atoms with Crippen LogP contribution in [-0.2, 0) is 6.42 Å². The van der Waals surface area contributed by atoms with E-state index in [1.54, 1.807) is 0 Å². The standard InChI is InChI=1S/C16H14N4/c1-2-3-5-10-13-15(12-8-6-4-7-9-12)20-16(18)14(11-17)19-13/h1,4,6-9H,3,5,10H2,(H2,18,20). The van der Waals surface area contributed by atoms with E-state index in [-0.39, 0.29) is 11.5 Å². The van der Waals surface area contributed by atoms with Crippen LogP contribution in [0.4, 0.5) is 5.82 Å². The topological polar surface area (TPSA) is 75.6 Å². The Balaban J connectivity index is 2.46. The first-order chi connectivity index (χ1) is 9.76. The van der Waals surface area contributed by atoms with E-state index in [0.717, 1.165) is 23.4 Å². The van der Waals surface area contributed by atoms with Crippen LogP contribution in [0.2, 0.25) is 0 Å². The summed E-state index contributed by atoms with van der Waals surface area (Å²) < 4.78 is 0. The second-order valence-corrected chi connectivity index (χ2v) is 4.29. The Morgan fingerprint density at radius 3 is 2.60 bits per heavy atom. The van der Waals surface area contributed by atoms with Crippen molar-refractivity contribution in [2.24, 2.45) is 0 Å². The van der Waals surface area contributed by atoms with Crippen molar-refractivity contribution in [1.29, 1.82) is 5.26 Å². The van der Waals surface area contributed by atoms with Crippen LogP contribution in [0.15, 0.2) is 30.3 Å². The number of hydrogen-bond donors (Lipinski definition) is 1. The minimum atomic E-state index is 0.159. The quantitative estimate of drug-likeness (QED) is 0.678. The maximum atomic E-state index is 9.01. The van der Waals surface area contributed by atoms with Gasteiger partial charge in [-0.25, -0.2) is 9.97 Å². The molecule has 1 aromatic heterocycles. The smallest absolute Gasteiger partial charge is 0.183 e. The first kappa shape index (κ1) is 13.6. The molecule has 0 fully saturated rings. The largest absolute Gasteiger partial charge is 0.381 e. The van der Waals surface area contributed by atoms with Gasteiger partial charge < -0.3 is 5.73 Å². The molecule has 0 aliphatic heterocycles. The SMILES string of the molecule is C#CCCCc1nc(C#N)c(N)nc1-c1ccccc1. The summed E-state index contributed by atoms with van der Waals surface area (Å²) in [6.45, 7) is 0. The van der Waals surface area contributed by atoms with Crippen LogP contribution in [-0.4, -0.2) is 9.97 Å². The van der Waals surface area contributed by atoms with Crippen LogP contribution in [0.3, 0.4) is 0 Å². The van der Waals surface area contributed by atoms with Gasteiger partial charge in [0.2, 0.25) is 0 Å². The van der Waals surface area contributed by atoms with Gasteiger partial charge in [-0.2, -0.15) is 5.26 Å². The number of benzene rings is 1. The zero-order valence-corrected chi connectivity index (χ0v) is 11.0. The third kappa shape index (κ3) is 2.93. The molecule has 2 rings (SSSR count). The Morgan fingerprint density at radius 1 is 1.20 bits per heavy atom. The molecule has 0 atom stereocenters. The molecule has 4 nitrogen and oxygen atoms in total. The van der Waals surface area contributed by atoms with Crippen molar-refractivity contribution in [1.82, 2.24) is 9.97 Å². The molecule has 20 heavy (non-hydrogen) atoms. The summed E-state index contributed by atoms with van der Waals surface area (Å²) in [7, 11) is 0. The van der Waals surface area contributed by atoms with Crippen molar-refractivity contribution in [2.75, 3.05) is 5.73 Å². The van der Waals surface area contributed by atoms with Crippen molar-refractivity contribution in [3.63, 3.8) is 0 Å². The number of nitrogen functional groups attached to an aromatic ring is 1. The first-order valence-corrected chi connectivity index (χ1v) is 6.31. The van der Waals surface area contributed by atoms with E-state index in [1.807, 2.05) is 36.4 Å². The second kappa shape index (κ2) is 6.36. The van der Waals surface area contributed by atoms with Crippen molar-refractivity contribution < 1.29 is 0 Å². The maximum Gasteiger partial charge on any atom is 0.183 e. The fraction of sp³-hybridized carbons (Fsp3) is 0.188. The molecule has 0 saturated heterocycles. The van der Waals surface area contributed by atoms with Gasteiger partial charge in [0.1, 0.15) is 6.07 Å². The molecule has 0 spiro atoms. The third-order valence-electron chi connectivity index (χ3n) is 2.88. The molecule has 2 aromatic rings. The second-order valence-electron chi connectivity index (χ2n) is 4.29. The highest BCUT2D eigenvalue weighted by Gasteiger charge is 2.13. The molecule has 0 bridgehead atoms. The van der Waals surface area contributed by atoms with Crippen molar-refractivity contribution in [2.45, 2.75) is 19.3 Å². The molecule has 4 heteroatoms. The van der Waals surface area contributed by atoms with E-state index in [0.29, 0.717) is 12.8 Å². The summed E-state index contributed by atoms with van der Waals surface area (Å²) in [4.78, 5) is 8.66. The van der Waals surface area contributed by atoms with E-state index in [4.69, 9.17) is 17.4 Å². The minimum Gasteiger partial charge on any atom is -0.381 e. The molecule has 0 aliphatic carbocycles. The summed E-state index contributed by atoms with van der Waals surface area (Å²) in [5.41, 5.74) is 8.35. The Hall–Kier alpha value is -2.85. The van der Waals surface area contributed by atoms with Crippen LogP contribution < -0.4 is 5.73 Å². The molecular formula is C16H14N4. The Labute approximate surface area is 118 Å². The highest BCUT2D eigenvalue weighted by Crippen LogP contribution is 2.23. The van der Waals surface area contributed by atoms with Gasteiger partial charge in [-0.05, 0) is 12.8 Å². The van der Waals surface area contributed by atoms with Crippen molar-refractivity contribution >= 4 is 5.82 Å². The van der Waals surface area contributed by atoms with Crippen LogP contribution >= 0.6 is 0 Å². The first-order valence-electron chi connectivity index (χ1n) is 6.31. The predicted octanol–water partition coefficient (Wildman–Crippen LogP) is 2.55. The lowest BCUT2D eigenvalue weighted by atomic mass is 10.1. The lowest BCUT2D eigenvalue weighted by Gasteiger charge is -2.09. The number of rotatable bonds is 4. The van der Waals surface area contributed by atoms with Gasteiger partial charge in [0.25, 0.3) is 0 Å². The fourth-order valence-corrected chi connectivity index (χ4v) is 1.92. The zero-order chi connectivity index (χ0) is 14.4. The van der Waals surface area contributed by atoms with Gasteiger partial charge >= 0.3 is 0 Å². The number of aryl methyl sites for hydroxylation is 1. The van der Waals surface area contributed by atoms with Gasteiger partial charge in [0.05, 0.1) is 11.4 Å². The third-order valence-corrected chi connectivity index (χ3v) is 2.88. The lowest BCUT2D eigenvalue weighted by Crippen LogP contribution is -2.05. The molecule has 0 amide bonds. The predicted molar refractivity (Wildman–Crippen MR) is 78.4 cm³/mol. The van der Waals surface area contributed by atoms with Crippen LogP contribution in [0.1, 0.15) is 24.2 Å². The Morgan fingerprint density at radius 2 is 1.95 bits per heavy atom. The van der Waals surface area contributed by atoms with E-state index in [1.165, 1.54) is 0 Å². The Bertz CT molecular complexity index is 678. The maximum absolute atomic E-state index is 9.01. The molecule has 98 valence electrons. The van der Waals surface area contributed by atoms with Gasteiger partial charge in [0.15, 0.2) is 11.5 Å². The van der Waals surface area contributed by atoms with Crippen molar-refractivity contribution in [3.8, 4) is 29.7 Å². The molecule has 2 N–H and O–H groups in total. The zero-order valence-electron chi connectivity index (χ0n) is 11.0. The highest BCUT2D eigenvalue weighted by molar-refractivity contribution is 5.64. The van der Waals surface area contributed by atoms with Gasteiger partial charge in [-0.3, -0.25) is 0 Å². The number of nitriles is 1. The molecule has 0 radical (unpaired) electrons. The monoisotopic (exact) mass is 262 g/mol. The number of unbranched alkanes of at least 4 members (excludes halogenated alkanes) is 1. The molecule has 0 unspecified atom stereocenters. The van der Waals surface area contributed by atoms with E-state index in [9.17, 15) is 0 Å². The number of nitrogens with zero attached hydrogens (tertiary/aromatic N) is 3. The molecule has 1 heterocycles. The number of hydrogen-bond acceptors (Lipinski definition) is 4. The minimum absolute atomic E-state index is 0.159. The summed E-state index contributed by atoms with van der Waals surface area (Å²) >= 11 is 0. The van der Waals surface area contributed by atoms with Crippen LogP contribution in [0.25, 0.3) is 11.3 Å². The van der Waals surface area contributed by atoms with Crippen LogP contribution in [0, 0.1) is 23.7 Å². The summed E-state index contributed by atoms with van der Waals surface area (Å²) in [6, 6.07) is 11.6. The van der Waals surface area contributed by atoms with Gasteiger partial charge in [-0.15, -0.1) is 12.3 Å². The van der Waals surface area contributed by atoms with E-state index < -0.39 is 0 Å². The number of anilines is 1. The normalized spacial score (nSPS) is 9.70. The van der Waals surface area contributed by atoms with E-state index in [2.05, 4.69) is 15.9 Å². The lowest BCUT2D eigenvalue weighted by molar-refractivity contribution is 0.824. The highest BCUT2D eigenvalue weighted by atomic mass is 14.9. The van der Waals surface area contributed by atoms with E-state index >= 15 is 0 Å². The number of aromatic nitrogens is 2. The average molecular weight is 262 g/mol. The van der Waals surface area contributed by atoms with Crippen molar-refractivity contribution in [3.05, 3.63) is 41.7 Å². The van der Waals surface area contributed by atoms with Gasteiger partial charge in [-0.1, -0.05) is 30.3 Å². The number of nitrogens with two attached hydrogens (primary N) is 1. The molecule has 0 aliphatic rings. The van der Waals surface area contributed by atoms with Crippen LogP contribution in [0.5, 0.6) is 0 Å². The Kier molecular flexibility index (Phi) is 4.32. The molecule has 0 saturated carbocycles. The summed E-state index contributed by atoms with van der Waals surface area (Å²) in [5.74, 6) is 2.76. The van der Waals surface area contributed by atoms with Gasteiger partial charge in [0, 0.05) is 12.0 Å². The fourth-order valence-electron chi connectivity index (χ4n) is 1.92. The summed E-state index contributed by atoms with van der Waals surface area (Å²) in [5, 5.41) is 9.01. The molecule has 1 aromatic carbocycles. The average Bonchev–Trinajstić information content (AvgIpc) is 2.49.